The van der Waals surface area contributed by atoms with E-state index in [2.05, 4.69) is 33.1 Å². The molecule has 0 bridgehead atoms. The highest BCUT2D eigenvalue weighted by Gasteiger charge is 2.06. The maximum Gasteiger partial charge on any atom is 0.411 e. The van der Waals surface area contributed by atoms with Crippen LogP contribution in [0.5, 0.6) is 0 Å². The number of anilines is 1. The molecular formula is C17H14BrNO2. The number of amides is 1. The van der Waals surface area contributed by atoms with Gasteiger partial charge in [-0.05, 0) is 37.3 Å². The van der Waals surface area contributed by atoms with Gasteiger partial charge >= 0.3 is 6.09 Å². The Kier molecular flexibility index (Phi) is 5.42. The SMILES string of the molecule is CCOC(=O)Nc1ccc(Br)cc1C#Cc1ccccc1. The Balaban J connectivity index is 2.28. The first kappa shape index (κ1) is 15.1. The fraction of sp³-hybridized carbons (Fsp3) is 0.118. The normalized spacial score (nSPS) is 9.43. The van der Waals surface area contributed by atoms with Crippen LogP contribution in [-0.2, 0) is 4.74 Å². The number of hydrogen-bond acceptors (Lipinski definition) is 2. The first-order valence-corrected chi connectivity index (χ1v) is 7.28. The van der Waals surface area contributed by atoms with Crippen molar-refractivity contribution in [3.05, 3.63) is 64.1 Å². The molecule has 0 aliphatic carbocycles. The third-order valence-corrected chi connectivity index (χ3v) is 3.10. The minimum absolute atomic E-state index is 0.327. The number of carbonyl (C=O) groups is 1. The van der Waals surface area contributed by atoms with Gasteiger partial charge in [0.05, 0.1) is 12.3 Å². The summed E-state index contributed by atoms with van der Waals surface area (Å²) >= 11 is 3.41. The second-order valence-electron chi connectivity index (χ2n) is 4.15. The lowest BCUT2D eigenvalue weighted by Gasteiger charge is -2.07. The molecule has 0 heterocycles. The van der Waals surface area contributed by atoms with E-state index in [1.54, 1.807) is 13.0 Å². The van der Waals surface area contributed by atoms with E-state index < -0.39 is 6.09 Å². The first-order chi connectivity index (χ1) is 10.2. The molecule has 0 spiro atoms. The summed E-state index contributed by atoms with van der Waals surface area (Å²) in [6.07, 6.45) is -0.484. The molecule has 21 heavy (non-hydrogen) atoms. The molecular weight excluding hydrogens is 330 g/mol. The maximum absolute atomic E-state index is 11.5. The van der Waals surface area contributed by atoms with Crippen molar-refractivity contribution in [1.29, 1.82) is 0 Å². The van der Waals surface area contributed by atoms with Gasteiger partial charge < -0.3 is 4.74 Å². The van der Waals surface area contributed by atoms with Crippen molar-refractivity contribution in [2.45, 2.75) is 6.92 Å². The van der Waals surface area contributed by atoms with Gasteiger partial charge in [-0.1, -0.05) is 46.0 Å². The second kappa shape index (κ2) is 7.51. The van der Waals surface area contributed by atoms with Crippen LogP contribution in [0.3, 0.4) is 0 Å². The fourth-order valence-corrected chi connectivity index (χ4v) is 2.03. The number of nitrogens with one attached hydrogen (secondary N) is 1. The van der Waals surface area contributed by atoms with E-state index >= 15 is 0 Å². The summed E-state index contributed by atoms with van der Waals surface area (Å²) in [5.74, 6) is 6.14. The molecule has 4 heteroatoms. The smallest absolute Gasteiger partial charge is 0.411 e. The molecule has 0 aromatic heterocycles. The zero-order valence-electron chi connectivity index (χ0n) is 11.5. The zero-order chi connectivity index (χ0) is 15.1. The average molecular weight is 344 g/mol. The minimum Gasteiger partial charge on any atom is -0.450 e. The highest BCUT2D eigenvalue weighted by molar-refractivity contribution is 9.10. The van der Waals surface area contributed by atoms with Crippen molar-refractivity contribution in [2.75, 3.05) is 11.9 Å². The molecule has 106 valence electrons. The molecule has 0 radical (unpaired) electrons. The Morgan fingerprint density at radius 1 is 1.19 bits per heavy atom. The van der Waals surface area contributed by atoms with Crippen molar-refractivity contribution < 1.29 is 9.53 Å². The van der Waals surface area contributed by atoms with E-state index in [0.717, 1.165) is 15.6 Å². The van der Waals surface area contributed by atoms with Gasteiger partial charge in [0.25, 0.3) is 0 Å². The lowest BCUT2D eigenvalue weighted by molar-refractivity contribution is 0.168. The molecule has 3 nitrogen and oxygen atoms in total. The number of hydrogen-bond donors (Lipinski definition) is 1. The van der Waals surface area contributed by atoms with E-state index in [0.29, 0.717) is 12.3 Å². The second-order valence-corrected chi connectivity index (χ2v) is 5.07. The molecule has 0 saturated heterocycles. The Bertz CT molecular complexity index is 687. The van der Waals surface area contributed by atoms with Gasteiger partial charge in [-0.3, -0.25) is 5.32 Å². The van der Waals surface area contributed by atoms with Gasteiger partial charge in [-0.2, -0.15) is 0 Å². The van der Waals surface area contributed by atoms with Gasteiger partial charge in [0.15, 0.2) is 0 Å². The molecule has 2 aromatic rings. The quantitative estimate of drug-likeness (QED) is 0.819. The minimum atomic E-state index is -0.484. The van der Waals surface area contributed by atoms with Crippen molar-refractivity contribution in [3.8, 4) is 11.8 Å². The predicted octanol–water partition coefficient (Wildman–Crippen LogP) is 4.42. The van der Waals surface area contributed by atoms with Gasteiger partial charge in [0, 0.05) is 15.6 Å². The van der Waals surface area contributed by atoms with Crippen LogP contribution in [0.4, 0.5) is 10.5 Å². The lowest BCUT2D eigenvalue weighted by atomic mass is 10.1. The summed E-state index contributed by atoms with van der Waals surface area (Å²) in [7, 11) is 0. The number of benzene rings is 2. The van der Waals surface area contributed by atoms with Crippen molar-refractivity contribution in [3.63, 3.8) is 0 Å². The van der Waals surface area contributed by atoms with Crippen molar-refractivity contribution in [2.24, 2.45) is 0 Å². The van der Waals surface area contributed by atoms with Gasteiger partial charge in [0.2, 0.25) is 0 Å². The third kappa shape index (κ3) is 4.66. The summed E-state index contributed by atoms with van der Waals surface area (Å²) in [5.41, 5.74) is 2.26. The van der Waals surface area contributed by atoms with E-state index in [-0.39, 0.29) is 0 Å². The molecule has 2 rings (SSSR count). The molecule has 0 atom stereocenters. The maximum atomic E-state index is 11.5. The number of rotatable bonds is 2. The van der Waals surface area contributed by atoms with Crippen LogP contribution >= 0.6 is 15.9 Å². The topological polar surface area (TPSA) is 38.3 Å². The predicted molar refractivity (Wildman–Crippen MR) is 87.2 cm³/mol. The molecule has 0 saturated carbocycles. The van der Waals surface area contributed by atoms with Gasteiger partial charge in [0.1, 0.15) is 0 Å². The zero-order valence-corrected chi connectivity index (χ0v) is 13.1. The Morgan fingerprint density at radius 3 is 2.67 bits per heavy atom. The van der Waals surface area contributed by atoms with Crippen LogP contribution in [0.15, 0.2) is 53.0 Å². The summed E-state index contributed by atoms with van der Waals surface area (Å²) in [6.45, 7) is 2.09. The third-order valence-electron chi connectivity index (χ3n) is 2.61. The Labute approximate surface area is 132 Å². The molecule has 0 unspecified atom stereocenters. The molecule has 0 fully saturated rings. The number of carbonyl (C=O) groups excluding carboxylic acids is 1. The van der Waals surface area contributed by atoms with Crippen LogP contribution in [0, 0.1) is 11.8 Å². The first-order valence-electron chi connectivity index (χ1n) is 6.49. The molecule has 1 N–H and O–H groups in total. The van der Waals surface area contributed by atoms with Crippen LogP contribution in [0.1, 0.15) is 18.1 Å². The van der Waals surface area contributed by atoms with Gasteiger partial charge in [-0.25, -0.2) is 4.79 Å². The fourth-order valence-electron chi connectivity index (χ4n) is 1.67. The number of ether oxygens (including phenoxy) is 1. The van der Waals surface area contributed by atoms with Crippen LogP contribution < -0.4 is 5.32 Å². The van der Waals surface area contributed by atoms with E-state index in [1.807, 2.05) is 42.5 Å². The Hall–Kier alpha value is -2.25. The summed E-state index contributed by atoms with van der Waals surface area (Å²) in [5, 5.41) is 2.69. The molecule has 2 aromatic carbocycles. The van der Waals surface area contributed by atoms with E-state index in [9.17, 15) is 4.79 Å². The van der Waals surface area contributed by atoms with Gasteiger partial charge in [-0.15, -0.1) is 0 Å². The average Bonchev–Trinajstić information content (AvgIpc) is 2.49. The van der Waals surface area contributed by atoms with E-state index in [4.69, 9.17) is 4.74 Å². The summed E-state index contributed by atoms with van der Waals surface area (Å²) in [4.78, 5) is 11.5. The number of halogens is 1. The van der Waals surface area contributed by atoms with Crippen LogP contribution in [0.25, 0.3) is 0 Å². The Morgan fingerprint density at radius 2 is 1.95 bits per heavy atom. The standard InChI is InChI=1S/C17H14BrNO2/c1-2-21-17(20)19-16-11-10-15(18)12-14(16)9-8-13-6-4-3-5-7-13/h3-7,10-12H,2H2,1H3,(H,19,20). The highest BCUT2D eigenvalue weighted by Crippen LogP contribution is 2.20. The molecule has 0 aliphatic rings. The molecule has 1 amide bonds. The summed E-state index contributed by atoms with van der Waals surface area (Å²) in [6, 6.07) is 15.2. The van der Waals surface area contributed by atoms with E-state index in [1.165, 1.54) is 0 Å². The van der Waals surface area contributed by atoms with Crippen LogP contribution in [-0.4, -0.2) is 12.7 Å². The van der Waals surface area contributed by atoms with Crippen molar-refractivity contribution in [1.82, 2.24) is 0 Å². The largest absolute Gasteiger partial charge is 0.450 e. The van der Waals surface area contributed by atoms with Crippen LogP contribution in [0.2, 0.25) is 0 Å². The van der Waals surface area contributed by atoms with Crippen molar-refractivity contribution >= 4 is 27.7 Å². The highest BCUT2D eigenvalue weighted by atomic mass is 79.9. The molecule has 0 aliphatic heterocycles. The lowest BCUT2D eigenvalue weighted by Crippen LogP contribution is -2.14. The monoisotopic (exact) mass is 343 g/mol. The summed E-state index contributed by atoms with van der Waals surface area (Å²) < 4.78 is 5.78.